The van der Waals surface area contributed by atoms with Crippen LogP contribution in [0.15, 0.2) is 0 Å². The number of carbonyl (C=O) groups excluding carboxylic acids is 3. The van der Waals surface area contributed by atoms with Gasteiger partial charge in [-0.1, -0.05) is 157 Å². The maximum Gasteiger partial charge on any atom is 0.306 e. The third-order valence-electron chi connectivity index (χ3n) is 15.1. The van der Waals surface area contributed by atoms with E-state index in [0.29, 0.717) is 56.8 Å². The molecule has 0 heterocycles. The van der Waals surface area contributed by atoms with Crippen molar-refractivity contribution in [1.29, 1.82) is 0 Å². The molecular formula is C53H96O7. The lowest BCUT2D eigenvalue weighted by Gasteiger charge is -2.69. The summed E-state index contributed by atoms with van der Waals surface area (Å²) < 4.78 is 19.1. The first-order chi connectivity index (χ1) is 29.0. The van der Waals surface area contributed by atoms with E-state index in [1.807, 2.05) is 0 Å². The van der Waals surface area contributed by atoms with Gasteiger partial charge in [-0.25, -0.2) is 0 Å². The summed E-state index contributed by atoms with van der Waals surface area (Å²) in [5.41, 5.74) is -1.43. The normalized spacial score (nSPS) is 24.5. The Morgan fingerprint density at radius 1 is 0.383 bits per heavy atom. The molecule has 0 spiro atoms. The van der Waals surface area contributed by atoms with Gasteiger partial charge in [0.15, 0.2) is 0 Å². The molecule has 1 N–H and O–H groups in total. The Morgan fingerprint density at radius 2 is 0.600 bits per heavy atom. The van der Waals surface area contributed by atoms with Gasteiger partial charge >= 0.3 is 17.9 Å². The molecule has 0 aromatic carbocycles. The molecule has 0 atom stereocenters. The minimum absolute atomic E-state index is 0.0406. The highest BCUT2D eigenvalue weighted by molar-refractivity contribution is 5.70. The van der Waals surface area contributed by atoms with Crippen molar-refractivity contribution >= 4 is 17.9 Å². The van der Waals surface area contributed by atoms with Crippen LogP contribution in [0.1, 0.15) is 253 Å². The van der Waals surface area contributed by atoms with E-state index in [-0.39, 0.29) is 46.2 Å². The summed E-state index contributed by atoms with van der Waals surface area (Å²) in [7, 11) is 0. The molecule has 7 nitrogen and oxygen atoms in total. The van der Waals surface area contributed by atoms with Gasteiger partial charge in [0.05, 0.1) is 19.8 Å². The van der Waals surface area contributed by atoms with Gasteiger partial charge in [0.2, 0.25) is 0 Å². The van der Waals surface area contributed by atoms with Crippen molar-refractivity contribution in [2.45, 2.75) is 253 Å². The molecule has 0 amide bonds. The van der Waals surface area contributed by atoms with Crippen molar-refractivity contribution in [1.82, 2.24) is 0 Å². The van der Waals surface area contributed by atoms with Crippen molar-refractivity contribution in [2.75, 3.05) is 26.4 Å². The molecule has 7 heteroatoms. The van der Waals surface area contributed by atoms with Crippen molar-refractivity contribution < 1.29 is 33.7 Å². The number of carbonyl (C=O) groups is 3. The molecule has 0 unspecified atom stereocenters. The number of hydrogen-bond acceptors (Lipinski definition) is 7. The lowest BCUT2D eigenvalue weighted by molar-refractivity contribution is -0.247. The molecule has 0 radical (unpaired) electrons. The van der Waals surface area contributed by atoms with E-state index >= 15 is 0 Å². The first-order valence-corrected chi connectivity index (χ1v) is 26.0. The number of ether oxygens (including phenoxy) is 3. The minimum Gasteiger partial charge on any atom is -0.465 e. The number of unbranched alkanes of at least 4 members (excludes halogenated alkanes) is 12. The summed E-state index contributed by atoms with van der Waals surface area (Å²) in [6.07, 6.45) is 33.8. The van der Waals surface area contributed by atoms with Crippen LogP contribution in [0, 0.1) is 39.4 Å². The number of aliphatic hydroxyl groups is 1. The van der Waals surface area contributed by atoms with Gasteiger partial charge < -0.3 is 19.3 Å². The zero-order valence-corrected chi connectivity index (χ0v) is 40.3. The molecule has 0 aromatic heterocycles. The van der Waals surface area contributed by atoms with Gasteiger partial charge in [-0.15, -0.1) is 0 Å². The van der Waals surface area contributed by atoms with E-state index in [4.69, 9.17) is 14.2 Å². The SMILES string of the molecule is CCCCCC(CCCCC)CC(=O)OCC12CC3(CO)CC(COC(=O)CC(CCCCC)CCCCC)(C1)CC(COC(=O)CC(CCCCC)CCCCC)(C3)C2. The summed E-state index contributed by atoms with van der Waals surface area (Å²) >= 11 is 0. The van der Waals surface area contributed by atoms with Gasteiger partial charge in [0.1, 0.15) is 0 Å². The Bertz CT molecular complexity index is 1020. The van der Waals surface area contributed by atoms with E-state index in [9.17, 15) is 19.5 Å². The van der Waals surface area contributed by atoms with Gasteiger partial charge in [0, 0.05) is 42.1 Å². The zero-order chi connectivity index (χ0) is 43.7. The second-order valence-corrected chi connectivity index (χ2v) is 21.4. The summed E-state index contributed by atoms with van der Waals surface area (Å²) in [5, 5.41) is 11.3. The quantitative estimate of drug-likeness (QED) is 0.0378. The molecule has 0 aromatic rings. The van der Waals surface area contributed by atoms with Gasteiger partial charge in [-0.3, -0.25) is 14.4 Å². The van der Waals surface area contributed by atoms with Crippen LogP contribution < -0.4 is 0 Å². The van der Waals surface area contributed by atoms with Crippen molar-refractivity contribution in [3.63, 3.8) is 0 Å². The summed E-state index contributed by atoms with van der Waals surface area (Å²) in [6.45, 7) is 14.4. The van der Waals surface area contributed by atoms with Gasteiger partial charge in [-0.2, -0.15) is 0 Å². The molecule has 4 aliphatic carbocycles. The van der Waals surface area contributed by atoms with Crippen LogP contribution in [0.4, 0.5) is 0 Å². The lowest BCUT2D eigenvalue weighted by Crippen LogP contribution is -2.65. The maximum absolute atomic E-state index is 13.7. The molecule has 4 aliphatic rings. The Labute approximate surface area is 369 Å². The standard InChI is InChI=1S/C53H96O7/c1-7-13-19-25-44(26-20-14-8-2)31-47(55)58-41-51-34-50(40-54)35-52(37-51,42-59-48(56)32-45(27-21-15-9-3)28-22-16-10-4)39-53(36-50,38-51)43-60-49(57)33-46(29-23-17-11-5)30-24-18-12-6/h44-46,54H,7-43H2,1-6H3. The molecular weight excluding hydrogens is 749 g/mol. The highest BCUT2D eigenvalue weighted by Gasteiger charge is 2.69. The van der Waals surface area contributed by atoms with E-state index in [0.717, 1.165) is 116 Å². The van der Waals surface area contributed by atoms with Crippen LogP contribution in [0.5, 0.6) is 0 Å². The van der Waals surface area contributed by atoms with E-state index in [1.165, 1.54) is 77.0 Å². The molecule has 350 valence electrons. The Morgan fingerprint density at radius 3 is 0.800 bits per heavy atom. The maximum atomic E-state index is 13.7. The number of aliphatic hydroxyl groups excluding tert-OH is 1. The van der Waals surface area contributed by atoms with Crippen molar-refractivity contribution in [3.05, 3.63) is 0 Å². The molecule has 60 heavy (non-hydrogen) atoms. The fourth-order valence-corrected chi connectivity index (χ4v) is 12.9. The number of rotatable bonds is 37. The van der Waals surface area contributed by atoms with E-state index in [2.05, 4.69) is 41.5 Å². The van der Waals surface area contributed by atoms with Crippen LogP contribution in [-0.4, -0.2) is 49.4 Å². The summed E-state index contributed by atoms with van der Waals surface area (Å²) in [5.74, 6) is 0.764. The van der Waals surface area contributed by atoms with Crippen LogP contribution in [0.3, 0.4) is 0 Å². The van der Waals surface area contributed by atoms with E-state index in [1.54, 1.807) is 0 Å². The highest BCUT2D eigenvalue weighted by Crippen LogP contribution is 2.74. The fraction of sp³-hybridized carbons (Fsp3) is 0.943. The number of hydrogen-bond donors (Lipinski definition) is 1. The van der Waals surface area contributed by atoms with Crippen LogP contribution in [0.25, 0.3) is 0 Å². The zero-order valence-electron chi connectivity index (χ0n) is 40.3. The first-order valence-electron chi connectivity index (χ1n) is 26.0. The predicted octanol–water partition coefficient (Wildman–Crippen LogP) is 14.4. The van der Waals surface area contributed by atoms with Crippen LogP contribution >= 0.6 is 0 Å². The summed E-state index contributed by atoms with van der Waals surface area (Å²) in [4.78, 5) is 41.2. The molecule has 4 fully saturated rings. The molecule has 0 saturated heterocycles. The van der Waals surface area contributed by atoms with Crippen LogP contribution in [-0.2, 0) is 28.6 Å². The first kappa shape index (κ1) is 52.7. The highest BCUT2D eigenvalue weighted by atomic mass is 16.5. The third-order valence-corrected chi connectivity index (χ3v) is 15.1. The Hall–Kier alpha value is -1.63. The van der Waals surface area contributed by atoms with Gasteiger partial charge in [0.25, 0.3) is 0 Å². The average molecular weight is 845 g/mol. The minimum atomic E-state index is -0.380. The average Bonchev–Trinajstić information content (AvgIpc) is 3.21. The Balaban J connectivity index is 1.82. The van der Waals surface area contributed by atoms with Gasteiger partial charge in [-0.05, 0) is 100 Å². The van der Waals surface area contributed by atoms with Crippen LogP contribution in [0.2, 0.25) is 0 Å². The molecule has 4 saturated carbocycles. The predicted molar refractivity (Wildman–Crippen MR) is 247 cm³/mol. The van der Waals surface area contributed by atoms with Crippen molar-refractivity contribution in [2.24, 2.45) is 39.4 Å². The van der Waals surface area contributed by atoms with E-state index < -0.39 is 0 Å². The second kappa shape index (κ2) is 28.2. The monoisotopic (exact) mass is 845 g/mol. The second-order valence-electron chi connectivity index (χ2n) is 21.4. The third kappa shape index (κ3) is 18.2. The molecule has 0 aliphatic heterocycles. The summed E-state index contributed by atoms with van der Waals surface area (Å²) in [6, 6.07) is 0. The fourth-order valence-electron chi connectivity index (χ4n) is 12.9. The topological polar surface area (TPSA) is 99.1 Å². The molecule has 4 bridgehead atoms. The largest absolute Gasteiger partial charge is 0.465 e. The van der Waals surface area contributed by atoms with Crippen molar-refractivity contribution in [3.8, 4) is 0 Å². The molecule has 4 rings (SSSR count). The lowest BCUT2D eigenvalue weighted by atomic mass is 9.36. The number of esters is 3. The smallest absolute Gasteiger partial charge is 0.306 e. The Kier molecular flexibility index (Phi) is 24.8.